The van der Waals surface area contributed by atoms with Crippen molar-refractivity contribution in [2.45, 2.75) is 51.6 Å². The first-order valence-electron chi connectivity index (χ1n) is 7.04. The van der Waals surface area contributed by atoms with Crippen molar-refractivity contribution >= 4 is 30.1 Å². The van der Waals surface area contributed by atoms with Gasteiger partial charge in [-0.1, -0.05) is 39.8 Å². The summed E-state index contributed by atoms with van der Waals surface area (Å²) in [6.07, 6.45) is 0. The Kier molecular flexibility index (Phi) is 8.37. The molecule has 0 saturated carbocycles. The van der Waals surface area contributed by atoms with Crippen LogP contribution in [0.1, 0.15) is 46.2 Å². The average molecular weight is 331 g/mol. The van der Waals surface area contributed by atoms with Crippen molar-refractivity contribution in [2.24, 2.45) is 11.1 Å². The number of benzene rings is 1. The first kappa shape index (κ1) is 20.3. The van der Waals surface area contributed by atoms with Crippen molar-refractivity contribution in [3.8, 4) is 0 Å². The van der Waals surface area contributed by atoms with Gasteiger partial charge in [0.25, 0.3) is 0 Å². The molecule has 5 heteroatoms. The summed E-state index contributed by atoms with van der Waals surface area (Å²) in [6, 6.07) is 7.78. The van der Waals surface area contributed by atoms with Crippen molar-refractivity contribution in [2.75, 3.05) is 5.75 Å². The lowest BCUT2D eigenvalue weighted by Gasteiger charge is -2.27. The van der Waals surface area contributed by atoms with Crippen LogP contribution in [-0.2, 0) is 4.79 Å². The Labute approximate surface area is 138 Å². The van der Waals surface area contributed by atoms with Gasteiger partial charge in [-0.15, -0.1) is 24.2 Å². The number of hydrogen-bond donors (Lipinski definition) is 2. The van der Waals surface area contributed by atoms with E-state index in [9.17, 15) is 4.79 Å². The molecule has 1 rings (SSSR count). The molecule has 0 aliphatic carbocycles. The fourth-order valence-electron chi connectivity index (χ4n) is 1.80. The minimum absolute atomic E-state index is 0. The molecule has 120 valence electrons. The number of rotatable bonds is 5. The molecule has 3 nitrogen and oxygen atoms in total. The summed E-state index contributed by atoms with van der Waals surface area (Å²) in [4.78, 5) is 13.4. The topological polar surface area (TPSA) is 55.1 Å². The Balaban J connectivity index is 0.00000400. The third-order valence-corrected chi connectivity index (χ3v) is 4.16. The van der Waals surface area contributed by atoms with E-state index in [1.54, 1.807) is 0 Å². The van der Waals surface area contributed by atoms with Crippen molar-refractivity contribution in [3.63, 3.8) is 0 Å². The zero-order chi connectivity index (χ0) is 15.3. The number of nitrogens with one attached hydrogen (secondary N) is 1. The Bertz CT molecular complexity index is 443. The number of nitrogens with two attached hydrogens (primary N) is 1. The largest absolute Gasteiger partial charge is 0.348 e. The summed E-state index contributed by atoms with van der Waals surface area (Å²) in [5.41, 5.74) is 6.84. The van der Waals surface area contributed by atoms with Gasteiger partial charge in [-0.05, 0) is 35.8 Å². The maximum atomic E-state index is 12.1. The number of carbonyl (C=O) groups is 1. The molecule has 3 N–H and O–H groups in total. The standard InChI is InChI=1S/C16H26N2OS.ClH/c1-6-20-13-9-7-12(8-10-13)11(2)18-15(19)14(17)16(3,4)5;/h7-11,14H,6,17H2,1-5H3,(H,18,19);1H/t11?,14-;/m1./s1. The van der Waals surface area contributed by atoms with Gasteiger partial charge in [0.15, 0.2) is 0 Å². The van der Waals surface area contributed by atoms with Gasteiger partial charge in [0.1, 0.15) is 0 Å². The van der Waals surface area contributed by atoms with Crippen molar-refractivity contribution in [1.82, 2.24) is 5.32 Å². The number of thioether (sulfide) groups is 1. The second-order valence-electron chi connectivity index (χ2n) is 6.08. The van der Waals surface area contributed by atoms with Crippen molar-refractivity contribution in [3.05, 3.63) is 29.8 Å². The highest BCUT2D eigenvalue weighted by atomic mass is 35.5. The fourth-order valence-corrected chi connectivity index (χ4v) is 2.46. The lowest BCUT2D eigenvalue weighted by Crippen LogP contribution is -2.49. The van der Waals surface area contributed by atoms with Crippen LogP contribution in [0, 0.1) is 5.41 Å². The quantitative estimate of drug-likeness (QED) is 0.808. The highest BCUT2D eigenvalue weighted by molar-refractivity contribution is 7.99. The summed E-state index contributed by atoms with van der Waals surface area (Å²) in [5, 5.41) is 2.98. The maximum Gasteiger partial charge on any atom is 0.237 e. The number of carbonyl (C=O) groups excluding carboxylic acids is 1. The highest BCUT2D eigenvalue weighted by Crippen LogP contribution is 2.22. The summed E-state index contributed by atoms with van der Waals surface area (Å²) in [7, 11) is 0. The van der Waals surface area contributed by atoms with Crippen LogP contribution in [0.3, 0.4) is 0 Å². The first-order chi connectivity index (χ1) is 9.25. The van der Waals surface area contributed by atoms with E-state index in [1.165, 1.54) is 4.90 Å². The molecule has 0 spiro atoms. The predicted molar refractivity (Wildman–Crippen MR) is 94.1 cm³/mol. The molecule has 1 aromatic rings. The number of amides is 1. The molecular formula is C16H27ClN2OS. The van der Waals surface area contributed by atoms with E-state index in [1.807, 2.05) is 39.5 Å². The van der Waals surface area contributed by atoms with Gasteiger partial charge in [0.05, 0.1) is 12.1 Å². The van der Waals surface area contributed by atoms with Crippen LogP contribution >= 0.6 is 24.2 Å². The molecule has 0 bridgehead atoms. The minimum atomic E-state index is -0.500. The normalized spacial score (nSPS) is 14.0. The van der Waals surface area contributed by atoms with Gasteiger partial charge in [0, 0.05) is 4.90 Å². The molecule has 2 atom stereocenters. The molecule has 1 aromatic carbocycles. The highest BCUT2D eigenvalue weighted by Gasteiger charge is 2.28. The zero-order valence-corrected chi connectivity index (χ0v) is 15.1. The van der Waals surface area contributed by atoms with E-state index in [-0.39, 0.29) is 29.8 Å². The van der Waals surface area contributed by atoms with Crippen LogP contribution in [-0.4, -0.2) is 17.7 Å². The zero-order valence-electron chi connectivity index (χ0n) is 13.5. The van der Waals surface area contributed by atoms with Crippen LogP contribution in [0.2, 0.25) is 0 Å². The smallest absolute Gasteiger partial charge is 0.237 e. The molecule has 21 heavy (non-hydrogen) atoms. The van der Waals surface area contributed by atoms with E-state index in [0.717, 1.165) is 11.3 Å². The van der Waals surface area contributed by atoms with Crippen molar-refractivity contribution in [1.29, 1.82) is 0 Å². The molecule has 1 amide bonds. The van der Waals surface area contributed by atoms with Gasteiger partial charge >= 0.3 is 0 Å². The van der Waals surface area contributed by atoms with E-state index in [0.29, 0.717) is 0 Å². The Morgan fingerprint density at radius 1 is 1.29 bits per heavy atom. The molecular weight excluding hydrogens is 304 g/mol. The lowest BCUT2D eigenvalue weighted by molar-refractivity contribution is -0.125. The van der Waals surface area contributed by atoms with Gasteiger partial charge in [-0.3, -0.25) is 4.79 Å². The Hall–Kier alpha value is -0.710. The van der Waals surface area contributed by atoms with E-state index >= 15 is 0 Å². The molecule has 0 saturated heterocycles. The van der Waals surface area contributed by atoms with Crippen LogP contribution in [0.15, 0.2) is 29.2 Å². The second-order valence-corrected chi connectivity index (χ2v) is 7.41. The van der Waals surface area contributed by atoms with E-state index in [4.69, 9.17) is 5.73 Å². The second kappa shape index (κ2) is 8.66. The van der Waals surface area contributed by atoms with Crippen LogP contribution < -0.4 is 11.1 Å². The maximum absolute atomic E-state index is 12.1. The summed E-state index contributed by atoms with van der Waals surface area (Å²) >= 11 is 1.81. The fraction of sp³-hybridized carbons (Fsp3) is 0.562. The van der Waals surface area contributed by atoms with Crippen LogP contribution in [0.4, 0.5) is 0 Å². The van der Waals surface area contributed by atoms with Gasteiger partial charge in [-0.25, -0.2) is 0 Å². The molecule has 0 aromatic heterocycles. The Morgan fingerprint density at radius 2 is 1.81 bits per heavy atom. The van der Waals surface area contributed by atoms with Crippen molar-refractivity contribution < 1.29 is 4.79 Å². The molecule has 0 radical (unpaired) electrons. The van der Waals surface area contributed by atoms with Crippen LogP contribution in [0.25, 0.3) is 0 Å². The average Bonchev–Trinajstić information content (AvgIpc) is 2.37. The summed E-state index contributed by atoms with van der Waals surface area (Å²) < 4.78 is 0. The van der Waals surface area contributed by atoms with E-state index < -0.39 is 6.04 Å². The third kappa shape index (κ3) is 6.29. The predicted octanol–water partition coefficient (Wildman–Crippen LogP) is 3.77. The SMILES string of the molecule is CCSc1ccc(C(C)NC(=O)[C@@H](N)C(C)(C)C)cc1.Cl. The van der Waals surface area contributed by atoms with Gasteiger partial charge in [0.2, 0.25) is 5.91 Å². The monoisotopic (exact) mass is 330 g/mol. The van der Waals surface area contributed by atoms with Crippen LogP contribution in [0.5, 0.6) is 0 Å². The molecule has 0 aliphatic rings. The van der Waals surface area contributed by atoms with Gasteiger partial charge in [-0.2, -0.15) is 0 Å². The molecule has 0 fully saturated rings. The summed E-state index contributed by atoms with van der Waals surface area (Å²) in [5.74, 6) is 0.962. The minimum Gasteiger partial charge on any atom is -0.348 e. The first-order valence-corrected chi connectivity index (χ1v) is 8.03. The van der Waals surface area contributed by atoms with Gasteiger partial charge < -0.3 is 11.1 Å². The Morgan fingerprint density at radius 3 is 2.24 bits per heavy atom. The summed E-state index contributed by atoms with van der Waals surface area (Å²) in [6.45, 7) is 10.0. The lowest BCUT2D eigenvalue weighted by atomic mass is 9.86. The molecule has 0 heterocycles. The molecule has 0 aliphatic heterocycles. The van der Waals surface area contributed by atoms with E-state index in [2.05, 4.69) is 36.5 Å². The third-order valence-electron chi connectivity index (χ3n) is 3.27. The number of halogens is 1. The number of hydrogen-bond acceptors (Lipinski definition) is 3. The molecule has 1 unspecified atom stereocenters.